The fourth-order valence-corrected chi connectivity index (χ4v) is 8.26. The Kier molecular flexibility index (Phi) is 9.68. The van der Waals surface area contributed by atoms with Gasteiger partial charge >= 0.3 is 0 Å². The summed E-state index contributed by atoms with van der Waals surface area (Å²) < 4.78 is 0. The van der Waals surface area contributed by atoms with Gasteiger partial charge in [0.05, 0.1) is 0 Å². The molecule has 0 bridgehead atoms. The zero-order valence-corrected chi connectivity index (χ0v) is 32.6. The van der Waals surface area contributed by atoms with Crippen LogP contribution in [0.2, 0.25) is 0 Å². The van der Waals surface area contributed by atoms with E-state index in [2.05, 4.69) is 254 Å². The van der Waals surface area contributed by atoms with Crippen molar-refractivity contribution in [2.75, 3.05) is 4.90 Å². The Hall–Kier alpha value is -7.74. The summed E-state index contributed by atoms with van der Waals surface area (Å²) in [6, 6.07) is 89.8. The molecule has 10 aromatic rings. The fourth-order valence-electron chi connectivity index (χ4n) is 8.26. The van der Waals surface area contributed by atoms with Crippen LogP contribution >= 0.6 is 0 Å². The molecule has 0 aromatic heterocycles. The average Bonchev–Trinajstić information content (AvgIpc) is 3.33. The summed E-state index contributed by atoms with van der Waals surface area (Å²) in [5, 5.41) is 2.51. The Morgan fingerprint density at radius 1 is 0.203 bits per heavy atom. The second-order valence-corrected chi connectivity index (χ2v) is 14.9. The maximum Gasteiger partial charge on any atom is 0.0468 e. The Morgan fingerprint density at radius 3 is 1.07 bits per heavy atom. The molecule has 0 N–H and O–H groups in total. The van der Waals surface area contributed by atoms with E-state index in [0.717, 1.165) is 17.1 Å². The predicted molar refractivity (Wildman–Crippen MR) is 251 cm³/mol. The third-order valence-electron chi connectivity index (χ3n) is 11.3. The van der Waals surface area contributed by atoms with Crippen LogP contribution in [-0.4, -0.2) is 0 Å². The molecular weight excluding hydrogens is 711 g/mol. The summed E-state index contributed by atoms with van der Waals surface area (Å²) >= 11 is 0. The molecule has 278 valence electrons. The van der Waals surface area contributed by atoms with Gasteiger partial charge in [-0.2, -0.15) is 0 Å². The highest BCUT2D eigenvalue weighted by molar-refractivity contribution is 5.97. The summed E-state index contributed by atoms with van der Waals surface area (Å²) in [5.74, 6) is 0. The van der Waals surface area contributed by atoms with Crippen LogP contribution in [0.25, 0.3) is 77.5 Å². The fraction of sp³-hybridized carbons (Fsp3) is 0. The molecule has 0 spiro atoms. The van der Waals surface area contributed by atoms with Gasteiger partial charge in [0.1, 0.15) is 0 Å². The lowest BCUT2D eigenvalue weighted by Crippen LogP contribution is -2.10. The second-order valence-electron chi connectivity index (χ2n) is 14.9. The van der Waals surface area contributed by atoms with E-state index >= 15 is 0 Å². The van der Waals surface area contributed by atoms with Gasteiger partial charge in [-0.3, -0.25) is 0 Å². The second kappa shape index (κ2) is 16.0. The highest BCUT2D eigenvalue weighted by Gasteiger charge is 2.18. The number of hydrogen-bond acceptors (Lipinski definition) is 1. The van der Waals surface area contributed by atoms with Crippen molar-refractivity contribution in [2.45, 2.75) is 0 Å². The molecule has 0 aliphatic heterocycles. The molecule has 10 aromatic carbocycles. The number of rotatable bonds is 9. The van der Waals surface area contributed by atoms with Crippen molar-refractivity contribution in [1.29, 1.82) is 0 Å². The number of benzene rings is 10. The van der Waals surface area contributed by atoms with Crippen LogP contribution in [-0.2, 0) is 0 Å². The molecule has 1 heteroatoms. The van der Waals surface area contributed by atoms with Gasteiger partial charge in [-0.25, -0.2) is 0 Å². The molecule has 0 amide bonds. The summed E-state index contributed by atoms with van der Waals surface area (Å²) in [5.41, 5.74) is 17.6. The van der Waals surface area contributed by atoms with Crippen molar-refractivity contribution in [2.24, 2.45) is 0 Å². The Bertz CT molecular complexity index is 2880. The normalized spacial score (nSPS) is 11.1. The molecular formula is C58H41N. The zero-order chi connectivity index (χ0) is 39.4. The van der Waals surface area contributed by atoms with Crippen molar-refractivity contribution < 1.29 is 0 Å². The van der Waals surface area contributed by atoms with E-state index in [4.69, 9.17) is 0 Å². The van der Waals surface area contributed by atoms with Crippen LogP contribution in [0.1, 0.15) is 0 Å². The van der Waals surface area contributed by atoms with Gasteiger partial charge in [0, 0.05) is 17.1 Å². The maximum atomic E-state index is 2.37. The first-order valence-electron chi connectivity index (χ1n) is 20.2. The Balaban J connectivity index is 1.10. The van der Waals surface area contributed by atoms with Crippen LogP contribution in [0.4, 0.5) is 17.1 Å². The molecule has 0 saturated heterocycles. The molecule has 0 heterocycles. The first kappa shape index (κ1) is 35.7. The number of hydrogen-bond donors (Lipinski definition) is 0. The average molecular weight is 752 g/mol. The number of nitrogens with zero attached hydrogens (tertiary/aromatic N) is 1. The van der Waals surface area contributed by atoms with Crippen LogP contribution in [0.15, 0.2) is 249 Å². The van der Waals surface area contributed by atoms with Gasteiger partial charge < -0.3 is 4.90 Å². The molecule has 0 radical (unpaired) electrons. The standard InChI is InChI=1S/C58H41N/c1-4-13-42(14-5-1)45-23-25-51(26-24-45)58-41-54(39-40-57(58)50-29-27-49(28-30-50)56-22-12-20-48-19-10-11-21-55(48)56)59(52-35-31-46(32-36-52)43-15-6-2-7-16-43)53-37-33-47(34-38-53)44-17-8-3-9-18-44/h1-41H. The van der Waals surface area contributed by atoms with Gasteiger partial charge in [-0.1, -0.05) is 212 Å². The summed E-state index contributed by atoms with van der Waals surface area (Å²) in [6.45, 7) is 0. The smallest absolute Gasteiger partial charge is 0.0468 e. The van der Waals surface area contributed by atoms with Crippen LogP contribution in [0, 0.1) is 0 Å². The molecule has 0 fully saturated rings. The molecule has 0 aliphatic rings. The molecule has 1 nitrogen and oxygen atoms in total. The minimum atomic E-state index is 1.09. The van der Waals surface area contributed by atoms with Gasteiger partial charge in [-0.05, 0) is 114 Å². The molecule has 0 atom stereocenters. The summed E-state index contributed by atoms with van der Waals surface area (Å²) in [4.78, 5) is 2.37. The number of fused-ring (bicyclic) bond motifs is 1. The molecule has 0 aliphatic carbocycles. The van der Waals surface area contributed by atoms with E-state index in [9.17, 15) is 0 Å². The molecule has 10 rings (SSSR count). The van der Waals surface area contributed by atoms with Crippen molar-refractivity contribution in [1.82, 2.24) is 0 Å². The molecule has 0 saturated carbocycles. The van der Waals surface area contributed by atoms with Gasteiger partial charge in [0.15, 0.2) is 0 Å². The molecule has 59 heavy (non-hydrogen) atoms. The predicted octanol–water partition coefficient (Wildman–Crippen LogP) is 16.3. The highest BCUT2D eigenvalue weighted by atomic mass is 15.1. The van der Waals surface area contributed by atoms with Gasteiger partial charge in [0.25, 0.3) is 0 Å². The minimum absolute atomic E-state index is 1.09. The summed E-state index contributed by atoms with van der Waals surface area (Å²) in [6.07, 6.45) is 0. The monoisotopic (exact) mass is 751 g/mol. The minimum Gasteiger partial charge on any atom is -0.310 e. The summed E-state index contributed by atoms with van der Waals surface area (Å²) in [7, 11) is 0. The topological polar surface area (TPSA) is 3.24 Å². The lowest BCUT2D eigenvalue weighted by molar-refractivity contribution is 1.28. The van der Waals surface area contributed by atoms with Gasteiger partial charge in [-0.15, -0.1) is 0 Å². The Labute approximate surface area is 346 Å². The van der Waals surface area contributed by atoms with E-state index in [1.807, 2.05) is 0 Å². The third kappa shape index (κ3) is 7.34. The van der Waals surface area contributed by atoms with Gasteiger partial charge in [0.2, 0.25) is 0 Å². The largest absolute Gasteiger partial charge is 0.310 e. The van der Waals surface area contributed by atoms with Crippen molar-refractivity contribution >= 4 is 27.8 Å². The van der Waals surface area contributed by atoms with E-state index in [-0.39, 0.29) is 0 Å². The quantitative estimate of drug-likeness (QED) is 0.142. The van der Waals surface area contributed by atoms with Crippen molar-refractivity contribution in [3.63, 3.8) is 0 Å². The zero-order valence-electron chi connectivity index (χ0n) is 32.6. The lowest BCUT2D eigenvalue weighted by atomic mass is 9.91. The molecule has 0 unspecified atom stereocenters. The number of anilines is 3. The van der Waals surface area contributed by atoms with E-state index < -0.39 is 0 Å². The van der Waals surface area contributed by atoms with Crippen LogP contribution < -0.4 is 4.90 Å². The van der Waals surface area contributed by atoms with Crippen molar-refractivity contribution in [3.05, 3.63) is 249 Å². The van der Waals surface area contributed by atoms with Crippen molar-refractivity contribution in [3.8, 4) is 66.8 Å². The SMILES string of the molecule is c1ccc(-c2ccc(-c3cc(N(c4ccc(-c5ccccc5)cc4)c4ccc(-c5ccccc5)cc4)ccc3-c3ccc(-c4cccc5ccccc45)cc3)cc2)cc1. The third-order valence-corrected chi connectivity index (χ3v) is 11.3. The van der Waals surface area contributed by atoms with E-state index in [0.29, 0.717) is 0 Å². The first-order chi connectivity index (χ1) is 29.2. The first-order valence-corrected chi connectivity index (χ1v) is 20.2. The van der Waals surface area contributed by atoms with Crippen LogP contribution in [0.5, 0.6) is 0 Å². The van der Waals surface area contributed by atoms with E-state index in [1.165, 1.54) is 77.5 Å². The van der Waals surface area contributed by atoms with E-state index in [1.54, 1.807) is 0 Å². The van der Waals surface area contributed by atoms with Crippen LogP contribution in [0.3, 0.4) is 0 Å². The lowest BCUT2D eigenvalue weighted by Gasteiger charge is -2.27. The highest BCUT2D eigenvalue weighted by Crippen LogP contribution is 2.42. The Morgan fingerprint density at radius 2 is 0.559 bits per heavy atom. The maximum absolute atomic E-state index is 2.37.